The lowest BCUT2D eigenvalue weighted by Gasteiger charge is -2.03. The van der Waals surface area contributed by atoms with Crippen LogP contribution in [0, 0.1) is 0 Å². The molecular formula is C17H12N2O3. The van der Waals surface area contributed by atoms with E-state index >= 15 is 0 Å². The molecule has 4 rings (SSSR count). The first-order chi connectivity index (χ1) is 10.8. The molecule has 0 aliphatic rings. The van der Waals surface area contributed by atoms with Crippen LogP contribution in [0.2, 0.25) is 0 Å². The molecule has 0 unspecified atom stereocenters. The molecule has 0 amide bonds. The molecule has 0 radical (unpaired) electrons. The SMILES string of the molecule is COc1ccc(-c2coc3nc4ccccc4c(=O)n23)cc1. The Bertz CT molecular complexity index is 1030. The van der Waals surface area contributed by atoms with Crippen molar-refractivity contribution < 1.29 is 9.15 Å². The Labute approximate surface area is 125 Å². The number of fused-ring (bicyclic) bond motifs is 2. The van der Waals surface area contributed by atoms with Crippen LogP contribution in [0.3, 0.4) is 0 Å². The third kappa shape index (κ3) is 1.79. The number of hydrogen-bond donors (Lipinski definition) is 0. The van der Waals surface area contributed by atoms with Crippen molar-refractivity contribution in [3.63, 3.8) is 0 Å². The van der Waals surface area contributed by atoms with Gasteiger partial charge in [0.1, 0.15) is 12.0 Å². The molecule has 0 N–H and O–H groups in total. The number of rotatable bonds is 2. The highest BCUT2D eigenvalue weighted by molar-refractivity contribution is 5.79. The molecule has 5 heteroatoms. The summed E-state index contributed by atoms with van der Waals surface area (Å²) in [4.78, 5) is 17.1. The van der Waals surface area contributed by atoms with Gasteiger partial charge in [-0.3, -0.25) is 4.79 Å². The Morgan fingerprint density at radius 3 is 2.64 bits per heavy atom. The molecule has 0 fully saturated rings. The molecule has 2 aromatic carbocycles. The highest BCUT2D eigenvalue weighted by atomic mass is 16.5. The molecule has 2 aromatic heterocycles. The summed E-state index contributed by atoms with van der Waals surface area (Å²) in [6, 6.07) is 14.7. The zero-order valence-corrected chi connectivity index (χ0v) is 11.8. The number of para-hydroxylation sites is 1. The van der Waals surface area contributed by atoms with Gasteiger partial charge in [-0.25, -0.2) is 4.40 Å². The summed E-state index contributed by atoms with van der Waals surface area (Å²) in [7, 11) is 1.61. The molecule has 0 atom stereocenters. The Morgan fingerprint density at radius 1 is 1.09 bits per heavy atom. The molecule has 0 bridgehead atoms. The van der Waals surface area contributed by atoms with Gasteiger partial charge < -0.3 is 9.15 Å². The van der Waals surface area contributed by atoms with Crippen LogP contribution in [-0.4, -0.2) is 16.5 Å². The molecule has 4 aromatic rings. The van der Waals surface area contributed by atoms with Crippen LogP contribution < -0.4 is 10.3 Å². The van der Waals surface area contributed by atoms with Crippen molar-refractivity contribution in [2.75, 3.05) is 7.11 Å². The van der Waals surface area contributed by atoms with Crippen molar-refractivity contribution in [2.24, 2.45) is 0 Å². The Morgan fingerprint density at radius 2 is 1.86 bits per heavy atom. The minimum absolute atomic E-state index is 0.139. The lowest BCUT2D eigenvalue weighted by Crippen LogP contribution is -2.14. The first-order valence-electron chi connectivity index (χ1n) is 6.81. The second-order valence-corrected chi connectivity index (χ2v) is 4.90. The van der Waals surface area contributed by atoms with E-state index in [9.17, 15) is 4.79 Å². The van der Waals surface area contributed by atoms with E-state index in [1.807, 2.05) is 36.4 Å². The van der Waals surface area contributed by atoms with E-state index in [0.29, 0.717) is 16.6 Å². The van der Waals surface area contributed by atoms with Gasteiger partial charge in [0.25, 0.3) is 5.56 Å². The number of nitrogens with zero attached hydrogens (tertiary/aromatic N) is 2. The Kier molecular flexibility index (Phi) is 2.72. The number of aromatic nitrogens is 2. The molecule has 0 saturated heterocycles. The summed E-state index contributed by atoms with van der Waals surface area (Å²) in [5.41, 5.74) is 2.02. The highest BCUT2D eigenvalue weighted by Crippen LogP contribution is 2.24. The maximum Gasteiger partial charge on any atom is 0.309 e. The van der Waals surface area contributed by atoms with Crippen molar-refractivity contribution in [3.8, 4) is 17.0 Å². The van der Waals surface area contributed by atoms with Crippen molar-refractivity contribution >= 4 is 16.7 Å². The van der Waals surface area contributed by atoms with Crippen molar-refractivity contribution in [1.29, 1.82) is 0 Å². The van der Waals surface area contributed by atoms with Gasteiger partial charge in [-0.1, -0.05) is 12.1 Å². The monoisotopic (exact) mass is 292 g/mol. The van der Waals surface area contributed by atoms with Crippen molar-refractivity contribution in [2.45, 2.75) is 0 Å². The molecule has 5 nitrogen and oxygen atoms in total. The maximum absolute atomic E-state index is 12.7. The lowest BCUT2D eigenvalue weighted by atomic mass is 10.1. The lowest BCUT2D eigenvalue weighted by molar-refractivity contribution is 0.415. The second-order valence-electron chi connectivity index (χ2n) is 4.90. The summed E-state index contributed by atoms with van der Waals surface area (Å²) in [6.07, 6.45) is 1.55. The predicted molar refractivity (Wildman–Crippen MR) is 83.2 cm³/mol. The van der Waals surface area contributed by atoms with E-state index < -0.39 is 0 Å². The number of hydrogen-bond acceptors (Lipinski definition) is 4. The first-order valence-corrected chi connectivity index (χ1v) is 6.81. The molecule has 0 saturated carbocycles. The fourth-order valence-corrected chi connectivity index (χ4v) is 2.52. The Balaban J connectivity index is 2.02. The van der Waals surface area contributed by atoms with E-state index in [0.717, 1.165) is 11.3 Å². The smallest absolute Gasteiger partial charge is 0.309 e. The quantitative estimate of drug-likeness (QED) is 0.569. The van der Waals surface area contributed by atoms with E-state index in [2.05, 4.69) is 4.98 Å². The highest BCUT2D eigenvalue weighted by Gasteiger charge is 2.13. The van der Waals surface area contributed by atoms with E-state index in [1.54, 1.807) is 25.5 Å². The molecule has 0 aliphatic carbocycles. The third-order valence-corrected chi connectivity index (χ3v) is 3.65. The average Bonchev–Trinajstić information content (AvgIpc) is 2.99. The molecule has 0 aliphatic heterocycles. The minimum Gasteiger partial charge on any atom is -0.497 e. The van der Waals surface area contributed by atoms with Crippen LogP contribution in [0.25, 0.3) is 28.0 Å². The van der Waals surface area contributed by atoms with Gasteiger partial charge in [0.2, 0.25) is 0 Å². The van der Waals surface area contributed by atoms with Gasteiger partial charge in [-0.15, -0.1) is 0 Å². The number of benzene rings is 2. The van der Waals surface area contributed by atoms with Gasteiger partial charge in [0.05, 0.1) is 23.7 Å². The zero-order valence-electron chi connectivity index (χ0n) is 11.8. The molecule has 2 heterocycles. The number of ether oxygens (including phenoxy) is 1. The predicted octanol–water partition coefficient (Wildman–Crippen LogP) is 3.12. The summed E-state index contributed by atoms with van der Waals surface area (Å²) in [6.45, 7) is 0. The van der Waals surface area contributed by atoms with Gasteiger partial charge in [-0.05, 0) is 36.4 Å². The van der Waals surface area contributed by atoms with Crippen LogP contribution in [0.4, 0.5) is 0 Å². The van der Waals surface area contributed by atoms with Crippen LogP contribution >= 0.6 is 0 Å². The molecular weight excluding hydrogens is 280 g/mol. The topological polar surface area (TPSA) is 56.7 Å². The van der Waals surface area contributed by atoms with E-state index in [1.165, 1.54) is 4.40 Å². The summed E-state index contributed by atoms with van der Waals surface area (Å²) >= 11 is 0. The van der Waals surface area contributed by atoms with Crippen molar-refractivity contribution in [1.82, 2.24) is 9.38 Å². The first kappa shape index (κ1) is 12.6. The maximum atomic E-state index is 12.7. The fraction of sp³-hybridized carbons (Fsp3) is 0.0588. The normalized spacial score (nSPS) is 11.1. The minimum atomic E-state index is -0.139. The van der Waals surface area contributed by atoms with Gasteiger partial charge in [0.15, 0.2) is 0 Å². The van der Waals surface area contributed by atoms with Crippen molar-refractivity contribution in [3.05, 3.63) is 65.1 Å². The summed E-state index contributed by atoms with van der Waals surface area (Å²) in [5.74, 6) is 1.04. The van der Waals surface area contributed by atoms with Crippen LogP contribution in [0.5, 0.6) is 5.75 Å². The molecule has 0 spiro atoms. The summed E-state index contributed by atoms with van der Waals surface area (Å²) < 4.78 is 12.1. The van der Waals surface area contributed by atoms with Gasteiger partial charge in [0, 0.05) is 5.56 Å². The van der Waals surface area contributed by atoms with E-state index in [4.69, 9.17) is 9.15 Å². The standard InChI is InChI=1S/C17H12N2O3/c1-21-12-8-6-11(7-9-12)15-10-22-17-18-14-5-3-2-4-13(14)16(20)19(15)17/h2-10H,1H3. The molecule has 22 heavy (non-hydrogen) atoms. The second kappa shape index (κ2) is 4.73. The van der Waals surface area contributed by atoms with E-state index in [-0.39, 0.29) is 11.4 Å². The van der Waals surface area contributed by atoms with Crippen LogP contribution in [0.15, 0.2) is 64.0 Å². The average molecular weight is 292 g/mol. The fourth-order valence-electron chi connectivity index (χ4n) is 2.52. The Hall–Kier alpha value is -3.08. The number of oxazole rings is 1. The van der Waals surface area contributed by atoms with Crippen LogP contribution in [0.1, 0.15) is 0 Å². The largest absolute Gasteiger partial charge is 0.497 e. The molecule has 108 valence electrons. The third-order valence-electron chi connectivity index (χ3n) is 3.65. The van der Waals surface area contributed by atoms with Crippen LogP contribution in [-0.2, 0) is 0 Å². The summed E-state index contributed by atoms with van der Waals surface area (Å²) in [5, 5.41) is 0.566. The number of methoxy groups -OCH3 is 1. The van der Waals surface area contributed by atoms with Gasteiger partial charge in [-0.2, -0.15) is 4.98 Å². The van der Waals surface area contributed by atoms with Gasteiger partial charge >= 0.3 is 5.84 Å². The zero-order chi connectivity index (χ0) is 15.1.